The van der Waals surface area contributed by atoms with Crippen LogP contribution in [0.2, 0.25) is 0 Å². The van der Waals surface area contributed by atoms with Gasteiger partial charge in [0.15, 0.2) is 6.61 Å². The third kappa shape index (κ3) is 5.17. The van der Waals surface area contributed by atoms with E-state index in [-0.39, 0.29) is 22.2 Å². The molecule has 0 aliphatic carbocycles. The summed E-state index contributed by atoms with van der Waals surface area (Å²) in [6.45, 7) is 2.18. The van der Waals surface area contributed by atoms with Gasteiger partial charge in [-0.1, -0.05) is 18.9 Å². The van der Waals surface area contributed by atoms with Gasteiger partial charge in [-0.15, -0.1) is 5.10 Å². The van der Waals surface area contributed by atoms with Gasteiger partial charge in [-0.3, -0.25) is 4.79 Å². The molecular formula is C21H24N6O5S. The van der Waals surface area contributed by atoms with Crippen LogP contribution in [0.4, 0.5) is 5.69 Å². The van der Waals surface area contributed by atoms with Crippen molar-refractivity contribution in [2.75, 3.05) is 25.0 Å². The van der Waals surface area contributed by atoms with E-state index in [4.69, 9.17) is 4.74 Å². The van der Waals surface area contributed by atoms with Gasteiger partial charge in [0.1, 0.15) is 0 Å². The quantitative estimate of drug-likeness (QED) is 0.536. The molecule has 1 fully saturated rings. The SMILES string of the molecule is Cc1ccnc2nc(C(=O)OCC(=O)Nc3cccc(S(=O)(=O)N4CCCCCC4)c3)nn12. The van der Waals surface area contributed by atoms with Gasteiger partial charge in [0, 0.05) is 30.7 Å². The topological polar surface area (TPSA) is 136 Å². The maximum atomic E-state index is 13.0. The number of carbonyl (C=O) groups excluding carboxylic acids is 2. The number of rotatable bonds is 6. The van der Waals surface area contributed by atoms with Crippen LogP contribution in [-0.4, -0.2) is 63.9 Å². The zero-order valence-corrected chi connectivity index (χ0v) is 18.9. The molecule has 3 aromatic rings. The number of amides is 1. The number of hydrogen-bond donors (Lipinski definition) is 1. The van der Waals surface area contributed by atoms with Crippen LogP contribution in [0.1, 0.15) is 42.0 Å². The van der Waals surface area contributed by atoms with Gasteiger partial charge in [0.25, 0.3) is 17.5 Å². The third-order valence-corrected chi connectivity index (χ3v) is 7.16. The predicted molar refractivity (Wildman–Crippen MR) is 118 cm³/mol. The van der Waals surface area contributed by atoms with Gasteiger partial charge in [-0.2, -0.15) is 9.29 Å². The number of benzene rings is 1. The van der Waals surface area contributed by atoms with Crippen molar-refractivity contribution in [3.05, 3.63) is 48.0 Å². The van der Waals surface area contributed by atoms with E-state index in [1.807, 2.05) is 0 Å². The second-order valence-electron chi connectivity index (χ2n) is 7.70. The lowest BCUT2D eigenvalue weighted by Gasteiger charge is -2.20. The van der Waals surface area contributed by atoms with Crippen LogP contribution >= 0.6 is 0 Å². The highest BCUT2D eigenvalue weighted by atomic mass is 32.2. The molecule has 1 saturated heterocycles. The molecular weight excluding hydrogens is 448 g/mol. The Bertz CT molecular complexity index is 1280. The summed E-state index contributed by atoms with van der Waals surface area (Å²) in [5.74, 6) is -1.46. The minimum Gasteiger partial charge on any atom is -0.450 e. The fraction of sp³-hybridized carbons (Fsp3) is 0.381. The number of esters is 1. The Hall–Kier alpha value is -3.38. The summed E-state index contributed by atoms with van der Waals surface area (Å²) in [6, 6.07) is 7.74. The molecule has 1 aliphatic rings. The van der Waals surface area contributed by atoms with Crippen molar-refractivity contribution in [2.45, 2.75) is 37.5 Å². The molecule has 11 nitrogen and oxygen atoms in total. The van der Waals surface area contributed by atoms with E-state index in [9.17, 15) is 18.0 Å². The maximum Gasteiger partial charge on any atom is 0.378 e. The number of aryl methyl sites for hydroxylation is 1. The van der Waals surface area contributed by atoms with Gasteiger partial charge < -0.3 is 10.1 Å². The number of anilines is 1. The minimum atomic E-state index is -3.65. The average Bonchev–Trinajstić information content (AvgIpc) is 3.05. The zero-order chi connectivity index (χ0) is 23.4. The van der Waals surface area contributed by atoms with Crippen molar-refractivity contribution in [3.63, 3.8) is 0 Å². The van der Waals surface area contributed by atoms with Crippen LogP contribution in [0.15, 0.2) is 41.4 Å². The maximum absolute atomic E-state index is 13.0. The fourth-order valence-corrected chi connectivity index (χ4v) is 5.11. The molecule has 0 unspecified atom stereocenters. The second kappa shape index (κ2) is 9.63. The molecule has 1 aliphatic heterocycles. The standard InChI is InChI=1S/C21H24N6O5S/c1-15-9-10-22-21-24-19(25-27(15)21)20(29)32-14-18(28)23-16-7-6-8-17(13-16)33(30,31)26-11-4-2-3-5-12-26/h6-10,13H,2-5,11-12,14H2,1H3,(H,23,28). The number of ether oxygens (including phenoxy) is 1. The Morgan fingerprint density at radius 3 is 2.61 bits per heavy atom. The van der Waals surface area contributed by atoms with E-state index in [0.717, 1.165) is 31.4 Å². The number of nitrogens with zero attached hydrogens (tertiary/aromatic N) is 5. The predicted octanol–water partition coefficient (Wildman–Crippen LogP) is 1.79. The molecule has 4 rings (SSSR count). The minimum absolute atomic E-state index is 0.107. The second-order valence-corrected chi connectivity index (χ2v) is 9.64. The van der Waals surface area contributed by atoms with Crippen LogP contribution in [-0.2, 0) is 19.6 Å². The Morgan fingerprint density at radius 2 is 1.88 bits per heavy atom. The van der Waals surface area contributed by atoms with Crippen molar-refractivity contribution in [3.8, 4) is 0 Å². The number of carbonyl (C=O) groups is 2. The van der Waals surface area contributed by atoms with Crippen molar-refractivity contribution in [1.82, 2.24) is 23.9 Å². The molecule has 1 aromatic carbocycles. The van der Waals surface area contributed by atoms with Gasteiger partial charge in [-0.25, -0.2) is 22.7 Å². The molecule has 0 bridgehead atoms. The molecule has 0 spiro atoms. The first-order valence-electron chi connectivity index (χ1n) is 10.6. The normalized spacial score (nSPS) is 15.2. The molecule has 1 amide bonds. The molecule has 0 atom stereocenters. The van der Waals surface area contributed by atoms with Gasteiger partial charge in [-0.05, 0) is 44.0 Å². The molecule has 3 heterocycles. The third-order valence-electron chi connectivity index (χ3n) is 5.27. The molecule has 1 N–H and O–H groups in total. The van der Waals surface area contributed by atoms with Crippen LogP contribution in [0, 0.1) is 6.92 Å². The molecule has 12 heteroatoms. The Labute approximate surface area is 190 Å². The molecule has 33 heavy (non-hydrogen) atoms. The highest BCUT2D eigenvalue weighted by molar-refractivity contribution is 7.89. The van der Waals surface area contributed by atoms with Crippen molar-refractivity contribution >= 4 is 33.4 Å². The van der Waals surface area contributed by atoms with Gasteiger partial charge in [0.05, 0.1) is 4.90 Å². The van der Waals surface area contributed by atoms with E-state index >= 15 is 0 Å². The first kappa shape index (κ1) is 22.8. The summed E-state index contributed by atoms with van der Waals surface area (Å²) >= 11 is 0. The van der Waals surface area contributed by atoms with E-state index in [0.29, 0.717) is 13.1 Å². The fourth-order valence-electron chi connectivity index (χ4n) is 3.55. The zero-order valence-electron chi connectivity index (χ0n) is 18.1. The molecule has 0 saturated carbocycles. The van der Waals surface area contributed by atoms with Crippen molar-refractivity contribution < 1.29 is 22.7 Å². The Morgan fingerprint density at radius 1 is 1.12 bits per heavy atom. The summed E-state index contributed by atoms with van der Waals surface area (Å²) < 4.78 is 33.8. The average molecular weight is 473 g/mol. The smallest absolute Gasteiger partial charge is 0.378 e. The lowest BCUT2D eigenvalue weighted by Crippen LogP contribution is -2.32. The van der Waals surface area contributed by atoms with Crippen LogP contribution < -0.4 is 5.32 Å². The summed E-state index contributed by atoms with van der Waals surface area (Å²) in [7, 11) is -3.65. The van der Waals surface area contributed by atoms with E-state index in [2.05, 4.69) is 20.4 Å². The van der Waals surface area contributed by atoms with Gasteiger partial charge >= 0.3 is 5.97 Å². The van der Waals surface area contributed by atoms with E-state index in [1.165, 1.54) is 21.0 Å². The number of aromatic nitrogens is 4. The van der Waals surface area contributed by atoms with E-state index in [1.54, 1.807) is 31.3 Å². The molecule has 2 aromatic heterocycles. The van der Waals surface area contributed by atoms with Gasteiger partial charge in [0.2, 0.25) is 10.0 Å². The lowest BCUT2D eigenvalue weighted by molar-refractivity contribution is -0.119. The summed E-state index contributed by atoms with van der Waals surface area (Å²) in [5, 5.41) is 6.58. The Kier molecular flexibility index (Phi) is 6.65. The number of sulfonamides is 1. The highest BCUT2D eigenvalue weighted by Gasteiger charge is 2.25. The first-order chi connectivity index (χ1) is 15.8. The van der Waals surface area contributed by atoms with Crippen molar-refractivity contribution in [1.29, 1.82) is 0 Å². The molecule has 0 radical (unpaired) electrons. The number of fused-ring (bicyclic) bond motifs is 1. The number of nitrogens with one attached hydrogen (secondary N) is 1. The van der Waals surface area contributed by atoms with E-state index < -0.39 is 28.5 Å². The summed E-state index contributed by atoms with van der Waals surface area (Å²) in [6.07, 6.45) is 5.24. The van der Waals surface area contributed by atoms with Crippen molar-refractivity contribution in [2.24, 2.45) is 0 Å². The summed E-state index contributed by atoms with van der Waals surface area (Å²) in [4.78, 5) is 32.6. The highest BCUT2D eigenvalue weighted by Crippen LogP contribution is 2.22. The largest absolute Gasteiger partial charge is 0.450 e. The Balaban J connectivity index is 1.38. The molecule has 174 valence electrons. The number of hydrogen-bond acceptors (Lipinski definition) is 8. The van der Waals surface area contributed by atoms with Crippen LogP contribution in [0.5, 0.6) is 0 Å². The van der Waals surface area contributed by atoms with Crippen LogP contribution in [0.25, 0.3) is 5.78 Å². The van der Waals surface area contributed by atoms with Crippen LogP contribution in [0.3, 0.4) is 0 Å². The first-order valence-corrected chi connectivity index (χ1v) is 12.0. The lowest BCUT2D eigenvalue weighted by atomic mass is 10.2. The monoisotopic (exact) mass is 472 g/mol. The summed E-state index contributed by atoms with van der Waals surface area (Å²) in [5.41, 5.74) is 1.02.